The molecule has 134 valence electrons. The molecule has 0 saturated heterocycles. The van der Waals surface area contributed by atoms with E-state index in [0.717, 1.165) is 23.0 Å². The third-order valence-corrected chi connectivity index (χ3v) is 5.24. The number of hydrogen-bond acceptors (Lipinski definition) is 3. The van der Waals surface area contributed by atoms with E-state index in [0.29, 0.717) is 25.0 Å². The number of aliphatic carboxylic acids is 1. The Hall–Kier alpha value is -2.34. The molecule has 1 aliphatic carbocycles. The Morgan fingerprint density at radius 3 is 2.68 bits per heavy atom. The van der Waals surface area contributed by atoms with Crippen molar-refractivity contribution in [1.82, 2.24) is 9.88 Å². The summed E-state index contributed by atoms with van der Waals surface area (Å²) in [6, 6.07) is 5.68. The molecule has 6 nitrogen and oxygen atoms in total. The molecule has 2 aromatic rings. The second-order valence-electron chi connectivity index (χ2n) is 6.76. The summed E-state index contributed by atoms with van der Waals surface area (Å²) in [5, 5.41) is 12.9. The Labute approximate surface area is 146 Å². The van der Waals surface area contributed by atoms with Gasteiger partial charge in [0.25, 0.3) is 5.91 Å². The maximum Gasteiger partial charge on any atom is 0.306 e. The third-order valence-electron chi connectivity index (χ3n) is 5.24. The van der Waals surface area contributed by atoms with Gasteiger partial charge >= 0.3 is 5.97 Å². The van der Waals surface area contributed by atoms with E-state index in [1.54, 1.807) is 7.11 Å². The number of carboxylic acids is 1. The molecular formula is C19H24N2O4. The fourth-order valence-corrected chi connectivity index (χ4v) is 3.47. The lowest BCUT2D eigenvalue weighted by atomic mass is 9.80. The van der Waals surface area contributed by atoms with Gasteiger partial charge in [-0.05, 0) is 50.5 Å². The average Bonchev–Trinajstić information content (AvgIpc) is 2.79. The molecule has 0 bridgehead atoms. The summed E-state index contributed by atoms with van der Waals surface area (Å²) < 4.78 is 7.39. The third kappa shape index (κ3) is 3.26. The van der Waals surface area contributed by atoms with Crippen molar-refractivity contribution in [2.75, 3.05) is 13.7 Å². The SMILES string of the molecule is COCCn1c(C)c(C)c2cc(C(=O)NC3CC(C(=O)O)C3)ccc21. The van der Waals surface area contributed by atoms with E-state index in [2.05, 4.69) is 23.7 Å². The van der Waals surface area contributed by atoms with Crippen molar-refractivity contribution in [3.8, 4) is 0 Å². The molecule has 2 N–H and O–H groups in total. The van der Waals surface area contributed by atoms with Gasteiger partial charge in [0.1, 0.15) is 0 Å². The molecule has 0 aliphatic heterocycles. The first kappa shape index (κ1) is 17.5. The molecule has 1 aromatic heterocycles. The monoisotopic (exact) mass is 344 g/mol. The normalized spacial score (nSPS) is 19.6. The van der Waals surface area contributed by atoms with Crippen LogP contribution < -0.4 is 5.32 Å². The molecular weight excluding hydrogens is 320 g/mol. The average molecular weight is 344 g/mol. The Morgan fingerprint density at radius 2 is 2.04 bits per heavy atom. The van der Waals surface area contributed by atoms with Crippen LogP contribution in [0.3, 0.4) is 0 Å². The van der Waals surface area contributed by atoms with Gasteiger partial charge in [-0.2, -0.15) is 0 Å². The minimum Gasteiger partial charge on any atom is -0.481 e. The minimum absolute atomic E-state index is 0.0431. The molecule has 6 heteroatoms. The maximum atomic E-state index is 12.5. The van der Waals surface area contributed by atoms with Crippen LogP contribution in [-0.4, -0.2) is 41.3 Å². The van der Waals surface area contributed by atoms with Crippen LogP contribution in [0.1, 0.15) is 34.5 Å². The number of carbonyl (C=O) groups is 2. The Balaban J connectivity index is 1.78. The summed E-state index contributed by atoms with van der Waals surface area (Å²) in [6.07, 6.45) is 1.02. The topological polar surface area (TPSA) is 80.6 Å². The van der Waals surface area contributed by atoms with Crippen LogP contribution in [0.25, 0.3) is 10.9 Å². The van der Waals surface area contributed by atoms with Crippen LogP contribution in [-0.2, 0) is 16.1 Å². The summed E-state index contributed by atoms with van der Waals surface area (Å²) in [5.74, 6) is -1.25. The highest BCUT2D eigenvalue weighted by molar-refractivity contribution is 5.99. The quantitative estimate of drug-likeness (QED) is 0.844. The Bertz CT molecular complexity index is 818. The van der Waals surface area contributed by atoms with Crippen molar-refractivity contribution in [3.05, 3.63) is 35.0 Å². The van der Waals surface area contributed by atoms with Crippen molar-refractivity contribution < 1.29 is 19.4 Å². The molecule has 1 heterocycles. The zero-order valence-corrected chi connectivity index (χ0v) is 14.8. The number of amides is 1. The second-order valence-corrected chi connectivity index (χ2v) is 6.76. The van der Waals surface area contributed by atoms with Gasteiger partial charge in [-0.25, -0.2) is 0 Å². The number of carbonyl (C=O) groups excluding carboxylic acids is 1. The molecule has 25 heavy (non-hydrogen) atoms. The van der Waals surface area contributed by atoms with E-state index in [4.69, 9.17) is 9.84 Å². The van der Waals surface area contributed by atoms with Crippen molar-refractivity contribution >= 4 is 22.8 Å². The number of nitrogens with zero attached hydrogens (tertiary/aromatic N) is 1. The van der Waals surface area contributed by atoms with Gasteiger partial charge in [-0.15, -0.1) is 0 Å². The number of hydrogen-bond donors (Lipinski definition) is 2. The van der Waals surface area contributed by atoms with Crippen LogP contribution in [0, 0.1) is 19.8 Å². The van der Waals surface area contributed by atoms with Gasteiger partial charge in [0.05, 0.1) is 12.5 Å². The van der Waals surface area contributed by atoms with E-state index in [-0.39, 0.29) is 17.9 Å². The van der Waals surface area contributed by atoms with Crippen LogP contribution in [0.2, 0.25) is 0 Å². The van der Waals surface area contributed by atoms with Gasteiger partial charge in [0.15, 0.2) is 0 Å². The number of carboxylic acid groups (broad SMARTS) is 1. The zero-order valence-electron chi connectivity index (χ0n) is 14.8. The number of benzene rings is 1. The second kappa shape index (κ2) is 6.88. The lowest BCUT2D eigenvalue weighted by molar-refractivity contribution is -0.145. The highest BCUT2D eigenvalue weighted by atomic mass is 16.5. The molecule has 0 spiro atoms. The fraction of sp³-hybridized carbons (Fsp3) is 0.474. The highest BCUT2D eigenvalue weighted by Gasteiger charge is 2.35. The number of nitrogens with one attached hydrogen (secondary N) is 1. The zero-order chi connectivity index (χ0) is 18.1. The number of aromatic nitrogens is 1. The van der Waals surface area contributed by atoms with E-state index in [9.17, 15) is 9.59 Å². The molecule has 1 fully saturated rings. The molecule has 3 rings (SSSR count). The smallest absolute Gasteiger partial charge is 0.306 e. The molecule has 1 amide bonds. The van der Waals surface area contributed by atoms with Gasteiger partial charge in [-0.1, -0.05) is 0 Å². The fourth-order valence-electron chi connectivity index (χ4n) is 3.47. The number of rotatable bonds is 6. The maximum absolute atomic E-state index is 12.5. The lowest BCUT2D eigenvalue weighted by Gasteiger charge is -2.32. The van der Waals surface area contributed by atoms with Crippen LogP contribution in [0.4, 0.5) is 0 Å². The summed E-state index contributed by atoms with van der Waals surface area (Å²) >= 11 is 0. The van der Waals surface area contributed by atoms with E-state index >= 15 is 0 Å². The van der Waals surface area contributed by atoms with Crippen LogP contribution in [0.5, 0.6) is 0 Å². The standard InChI is InChI=1S/C19H24N2O4/c1-11-12(2)21(6-7-25-3)17-5-4-13(10-16(11)17)18(22)20-15-8-14(9-15)19(23)24/h4-5,10,14-15H,6-9H2,1-3H3,(H,20,22)(H,23,24). The highest BCUT2D eigenvalue weighted by Crippen LogP contribution is 2.29. The van der Waals surface area contributed by atoms with Crippen molar-refractivity contribution in [1.29, 1.82) is 0 Å². The van der Waals surface area contributed by atoms with Crippen molar-refractivity contribution in [2.24, 2.45) is 5.92 Å². The van der Waals surface area contributed by atoms with Crippen molar-refractivity contribution in [3.63, 3.8) is 0 Å². The lowest BCUT2D eigenvalue weighted by Crippen LogP contribution is -2.46. The predicted octanol–water partition coefficient (Wildman–Crippen LogP) is 2.50. The first-order valence-corrected chi connectivity index (χ1v) is 8.54. The van der Waals surface area contributed by atoms with E-state index in [1.165, 1.54) is 5.69 Å². The summed E-state index contributed by atoms with van der Waals surface area (Å²) in [7, 11) is 1.69. The predicted molar refractivity (Wildman–Crippen MR) is 94.9 cm³/mol. The molecule has 0 atom stereocenters. The Kier molecular flexibility index (Phi) is 4.81. The van der Waals surface area contributed by atoms with Gasteiger partial charge in [0, 0.05) is 41.9 Å². The summed E-state index contributed by atoms with van der Waals surface area (Å²) in [6.45, 7) is 5.55. The molecule has 1 aromatic carbocycles. The first-order valence-electron chi connectivity index (χ1n) is 8.54. The van der Waals surface area contributed by atoms with Crippen LogP contribution in [0.15, 0.2) is 18.2 Å². The van der Waals surface area contributed by atoms with Crippen LogP contribution >= 0.6 is 0 Å². The number of fused-ring (bicyclic) bond motifs is 1. The number of methoxy groups -OCH3 is 1. The van der Waals surface area contributed by atoms with Gasteiger partial charge in [-0.3, -0.25) is 9.59 Å². The Morgan fingerprint density at radius 1 is 1.32 bits per heavy atom. The number of aryl methyl sites for hydroxylation is 1. The summed E-state index contributed by atoms with van der Waals surface area (Å²) in [5.41, 5.74) is 4.04. The van der Waals surface area contributed by atoms with Gasteiger partial charge < -0.3 is 19.7 Å². The van der Waals surface area contributed by atoms with E-state index < -0.39 is 5.97 Å². The summed E-state index contributed by atoms with van der Waals surface area (Å²) in [4.78, 5) is 23.3. The first-order chi connectivity index (χ1) is 11.9. The number of ether oxygens (including phenoxy) is 1. The molecule has 0 unspecified atom stereocenters. The van der Waals surface area contributed by atoms with E-state index in [1.807, 2.05) is 18.2 Å². The van der Waals surface area contributed by atoms with Gasteiger partial charge in [0.2, 0.25) is 0 Å². The molecule has 1 aliphatic rings. The molecule has 1 saturated carbocycles. The largest absolute Gasteiger partial charge is 0.481 e. The van der Waals surface area contributed by atoms with Crippen molar-refractivity contribution in [2.45, 2.75) is 39.3 Å². The molecule has 0 radical (unpaired) electrons. The minimum atomic E-state index is -0.782.